The lowest BCUT2D eigenvalue weighted by Crippen LogP contribution is -2.29. The van der Waals surface area contributed by atoms with Crippen LogP contribution in [0.15, 0.2) is 30.5 Å². The molecule has 4 rings (SSSR count). The molecule has 1 amide bonds. The van der Waals surface area contributed by atoms with Crippen molar-refractivity contribution in [3.8, 4) is 0 Å². The van der Waals surface area contributed by atoms with Crippen LogP contribution in [0.4, 0.5) is 0 Å². The number of carbonyl (C=O) groups is 1. The molecule has 1 saturated heterocycles. The van der Waals surface area contributed by atoms with Crippen molar-refractivity contribution in [1.29, 1.82) is 0 Å². The summed E-state index contributed by atoms with van der Waals surface area (Å²) in [4.78, 5) is 19.4. The van der Waals surface area contributed by atoms with Gasteiger partial charge in [0.15, 0.2) is 5.69 Å². The largest absolute Gasteiger partial charge is 0.381 e. The molecule has 2 fully saturated rings. The highest BCUT2D eigenvalue weighted by Crippen LogP contribution is 2.34. The number of aromatic nitrogens is 3. The zero-order chi connectivity index (χ0) is 18.1. The van der Waals surface area contributed by atoms with Crippen LogP contribution in [0.2, 0.25) is 0 Å². The molecule has 6 nitrogen and oxygen atoms in total. The average molecular weight is 354 g/mol. The van der Waals surface area contributed by atoms with Gasteiger partial charge in [0.1, 0.15) is 0 Å². The van der Waals surface area contributed by atoms with Crippen LogP contribution in [-0.4, -0.2) is 51.9 Å². The lowest BCUT2D eigenvalue weighted by atomic mass is 9.93. The summed E-state index contributed by atoms with van der Waals surface area (Å²) in [5.74, 6) is 1.24. The smallest absolute Gasteiger partial charge is 0.274 e. The van der Waals surface area contributed by atoms with Crippen molar-refractivity contribution in [2.24, 2.45) is 18.9 Å². The number of likely N-dealkylation sites (tertiary alicyclic amines) is 1. The Bertz CT molecular complexity index is 750. The van der Waals surface area contributed by atoms with E-state index in [4.69, 9.17) is 4.74 Å². The first kappa shape index (κ1) is 17.2. The molecule has 2 aliphatic rings. The third-order valence-electron chi connectivity index (χ3n) is 5.51. The maximum atomic E-state index is 12.9. The third kappa shape index (κ3) is 3.65. The molecule has 3 heterocycles. The number of rotatable bonds is 6. The molecule has 0 unspecified atom stereocenters. The summed E-state index contributed by atoms with van der Waals surface area (Å²) in [6.45, 7) is 4.85. The number of carbonyl (C=O) groups excluding carboxylic acids is 1. The fourth-order valence-electron chi connectivity index (χ4n) is 3.63. The van der Waals surface area contributed by atoms with Gasteiger partial charge in [0.05, 0.1) is 6.61 Å². The van der Waals surface area contributed by atoms with Gasteiger partial charge in [0, 0.05) is 56.2 Å². The molecular weight excluding hydrogens is 328 g/mol. The van der Waals surface area contributed by atoms with Gasteiger partial charge >= 0.3 is 0 Å². The van der Waals surface area contributed by atoms with Crippen molar-refractivity contribution in [3.05, 3.63) is 47.5 Å². The van der Waals surface area contributed by atoms with Crippen LogP contribution in [0.25, 0.3) is 0 Å². The number of hydrogen-bond donors (Lipinski definition) is 0. The van der Waals surface area contributed by atoms with Gasteiger partial charge in [-0.1, -0.05) is 6.07 Å². The van der Waals surface area contributed by atoms with E-state index >= 15 is 0 Å². The first-order valence-electron chi connectivity index (χ1n) is 9.40. The summed E-state index contributed by atoms with van der Waals surface area (Å²) in [7, 11) is 1.86. The fraction of sp³-hybridized carbons (Fsp3) is 0.550. The molecule has 26 heavy (non-hydrogen) atoms. The summed E-state index contributed by atoms with van der Waals surface area (Å²) < 4.78 is 7.71. The molecule has 0 radical (unpaired) electrons. The van der Waals surface area contributed by atoms with Gasteiger partial charge < -0.3 is 9.64 Å². The van der Waals surface area contributed by atoms with Gasteiger partial charge in [0.2, 0.25) is 0 Å². The Morgan fingerprint density at radius 3 is 2.77 bits per heavy atom. The molecule has 1 aliphatic heterocycles. The summed E-state index contributed by atoms with van der Waals surface area (Å²) in [5.41, 5.74) is 2.54. The first-order valence-corrected chi connectivity index (χ1v) is 9.40. The summed E-state index contributed by atoms with van der Waals surface area (Å²) >= 11 is 0. The zero-order valence-electron chi connectivity index (χ0n) is 15.5. The highest BCUT2D eigenvalue weighted by molar-refractivity contribution is 5.92. The van der Waals surface area contributed by atoms with E-state index in [1.807, 2.05) is 43.3 Å². The second kappa shape index (κ2) is 7.19. The minimum Gasteiger partial charge on any atom is -0.381 e. The van der Waals surface area contributed by atoms with Gasteiger partial charge in [-0.05, 0) is 43.9 Å². The van der Waals surface area contributed by atoms with Crippen molar-refractivity contribution in [3.63, 3.8) is 0 Å². The molecule has 0 N–H and O–H groups in total. The Morgan fingerprint density at radius 1 is 1.27 bits per heavy atom. The van der Waals surface area contributed by atoms with E-state index in [0.29, 0.717) is 25.4 Å². The van der Waals surface area contributed by atoms with Gasteiger partial charge in [0.25, 0.3) is 5.91 Å². The van der Waals surface area contributed by atoms with Gasteiger partial charge in [-0.25, -0.2) is 0 Å². The molecule has 2 aromatic rings. The molecular formula is C20H26N4O2. The molecule has 138 valence electrons. The van der Waals surface area contributed by atoms with Crippen LogP contribution in [0.5, 0.6) is 0 Å². The monoisotopic (exact) mass is 354 g/mol. The summed E-state index contributed by atoms with van der Waals surface area (Å²) in [6, 6.07) is 7.85. The number of nitrogens with zero attached hydrogens (tertiary/aromatic N) is 4. The predicted octanol–water partition coefficient (Wildman–Crippen LogP) is 2.41. The Labute approximate surface area is 154 Å². The lowest BCUT2D eigenvalue weighted by Gasteiger charge is -2.17. The van der Waals surface area contributed by atoms with Crippen LogP contribution in [0.1, 0.15) is 40.6 Å². The first-order chi connectivity index (χ1) is 12.6. The average Bonchev–Trinajstić information content (AvgIpc) is 3.28. The van der Waals surface area contributed by atoms with Crippen molar-refractivity contribution >= 4 is 5.91 Å². The van der Waals surface area contributed by atoms with Crippen molar-refractivity contribution in [1.82, 2.24) is 19.7 Å². The Balaban J connectivity index is 1.48. The molecule has 2 aromatic heterocycles. The maximum Gasteiger partial charge on any atom is 0.274 e. The Kier molecular flexibility index (Phi) is 4.76. The van der Waals surface area contributed by atoms with Gasteiger partial charge in [-0.15, -0.1) is 0 Å². The predicted molar refractivity (Wildman–Crippen MR) is 97.9 cm³/mol. The van der Waals surface area contributed by atoms with Crippen LogP contribution in [-0.2, 0) is 11.8 Å². The second-order valence-electron chi connectivity index (χ2n) is 7.61. The van der Waals surface area contributed by atoms with Gasteiger partial charge in [-0.2, -0.15) is 5.10 Å². The molecule has 0 spiro atoms. The van der Waals surface area contributed by atoms with Crippen LogP contribution < -0.4 is 0 Å². The minimum atomic E-state index is -0.000626. The fourth-order valence-corrected chi connectivity index (χ4v) is 3.63. The third-order valence-corrected chi connectivity index (χ3v) is 5.51. The standard InChI is InChI=1S/C20H26N4O2/c1-14-9-19(22-23(14)2)20(25)24-10-16(13-26-12-15-6-7-15)17(11-24)18-5-3-4-8-21-18/h3-5,8-9,15-17H,6-7,10-13H2,1-2H3/t16-,17+/m0/s1. The van der Waals surface area contributed by atoms with E-state index in [2.05, 4.69) is 16.1 Å². The van der Waals surface area contributed by atoms with E-state index in [-0.39, 0.29) is 17.7 Å². The molecule has 6 heteroatoms. The Hall–Kier alpha value is -2.21. The number of pyridine rings is 1. The second-order valence-corrected chi connectivity index (χ2v) is 7.61. The normalized spacial score (nSPS) is 22.8. The summed E-state index contributed by atoms with van der Waals surface area (Å²) in [6.07, 6.45) is 4.40. The highest BCUT2D eigenvalue weighted by Gasteiger charge is 2.38. The highest BCUT2D eigenvalue weighted by atomic mass is 16.5. The van der Waals surface area contributed by atoms with E-state index in [9.17, 15) is 4.79 Å². The van der Waals surface area contributed by atoms with E-state index in [0.717, 1.165) is 23.9 Å². The zero-order valence-corrected chi connectivity index (χ0v) is 15.5. The van der Waals surface area contributed by atoms with Crippen LogP contribution >= 0.6 is 0 Å². The number of ether oxygens (including phenoxy) is 1. The van der Waals surface area contributed by atoms with E-state index in [1.54, 1.807) is 4.68 Å². The SMILES string of the molecule is Cc1cc(C(=O)N2C[C@@H](COCC3CC3)[C@H](c3ccccn3)C2)nn1C. The molecule has 0 bridgehead atoms. The Morgan fingerprint density at radius 2 is 2.12 bits per heavy atom. The quantitative estimate of drug-likeness (QED) is 0.799. The van der Waals surface area contributed by atoms with E-state index in [1.165, 1.54) is 12.8 Å². The lowest BCUT2D eigenvalue weighted by molar-refractivity contribution is 0.0734. The molecule has 1 saturated carbocycles. The number of hydrogen-bond acceptors (Lipinski definition) is 4. The summed E-state index contributed by atoms with van der Waals surface area (Å²) in [5, 5.41) is 4.35. The van der Waals surface area contributed by atoms with E-state index < -0.39 is 0 Å². The van der Waals surface area contributed by atoms with Crippen molar-refractivity contribution < 1.29 is 9.53 Å². The van der Waals surface area contributed by atoms with Crippen LogP contribution in [0, 0.1) is 18.8 Å². The number of amides is 1. The molecule has 1 aliphatic carbocycles. The van der Waals surface area contributed by atoms with Crippen LogP contribution in [0.3, 0.4) is 0 Å². The van der Waals surface area contributed by atoms with Crippen molar-refractivity contribution in [2.75, 3.05) is 26.3 Å². The molecule has 0 aromatic carbocycles. The van der Waals surface area contributed by atoms with Crippen molar-refractivity contribution in [2.45, 2.75) is 25.7 Å². The maximum absolute atomic E-state index is 12.9. The number of aryl methyl sites for hydroxylation is 2. The van der Waals surface area contributed by atoms with Gasteiger partial charge in [-0.3, -0.25) is 14.5 Å². The molecule has 2 atom stereocenters. The minimum absolute atomic E-state index is 0.000626. The topological polar surface area (TPSA) is 60.3 Å².